The van der Waals surface area contributed by atoms with Crippen molar-refractivity contribution in [2.45, 2.75) is 123 Å². The Hall–Kier alpha value is -0.690. The molecule has 0 aliphatic carbocycles. The summed E-state index contributed by atoms with van der Waals surface area (Å²) in [5.74, 6) is -0.657. The SMILES string of the molecule is CC(O)CN(CC(C)O)CC(C)O.CCCCCCCCCCCCCC(=O)O. The maximum Gasteiger partial charge on any atom is 0.303 e. The zero-order valence-corrected chi connectivity index (χ0v) is 19.5. The van der Waals surface area contributed by atoms with E-state index < -0.39 is 24.3 Å². The fourth-order valence-electron chi connectivity index (χ4n) is 3.29. The minimum atomic E-state index is -0.657. The highest BCUT2D eigenvalue weighted by Gasteiger charge is 2.12. The Kier molecular flexibility index (Phi) is 23.1. The van der Waals surface area contributed by atoms with E-state index in [9.17, 15) is 4.79 Å². The molecular formula is C23H49NO5. The van der Waals surface area contributed by atoms with Gasteiger partial charge in [-0.05, 0) is 27.2 Å². The second-order valence-corrected chi connectivity index (χ2v) is 8.44. The van der Waals surface area contributed by atoms with E-state index in [2.05, 4.69) is 6.92 Å². The van der Waals surface area contributed by atoms with Gasteiger partial charge in [-0.1, -0.05) is 71.1 Å². The van der Waals surface area contributed by atoms with Crippen LogP contribution in [0.2, 0.25) is 0 Å². The molecule has 0 spiro atoms. The molecule has 0 saturated heterocycles. The summed E-state index contributed by atoms with van der Waals surface area (Å²) in [4.78, 5) is 12.1. The average Bonchev–Trinajstić information content (AvgIpc) is 2.58. The van der Waals surface area contributed by atoms with Crippen LogP contribution in [0.1, 0.15) is 105 Å². The average molecular weight is 420 g/mol. The van der Waals surface area contributed by atoms with Crippen molar-refractivity contribution in [3.8, 4) is 0 Å². The van der Waals surface area contributed by atoms with Gasteiger partial charge in [0.1, 0.15) is 0 Å². The normalized spacial score (nSPS) is 14.2. The molecule has 0 saturated carbocycles. The van der Waals surface area contributed by atoms with Gasteiger partial charge in [0.05, 0.1) is 18.3 Å². The predicted octanol–water partition coefficient (Wildman–Crippen LogP) is 4.20. The summed E-state index contributed by atoms with van der Waals surface area (Å²) in [5, 5.41) is 35.9. The van der Waals surface area contributed by atoms with Gasteiger partial charge < -0.3 is 20.4 Å². The molecular weight excluding hydrogens is 370 g/mol. The molecule has 6 heteroatoms. The molecule has 0 aliphatic rings. The Morgan fingerprint density at radius 1 is 0.655 bits per heavy atom. The number of aliphatic hydroxyl groups excluding tert-OH is 3. The third kappa shape index (κ3) is 29.6. The lowest BCUT2D eigenvalue weighted by Gasteiger charge is -2.25. The van der Waals surface area contributed by atoms with Gasteiger partial charge in [0.15, 0.2) is 0 Å². The molecule has 0 fully saturated rings. The topological polar surface area (TPSA) is 101 Å². The second kappa shape index (κ2) is 22.0. The Labute approximate surface area is 179 Å². The molecule has 0 aromatic carbocycles. The number of aliphatic hydroxyl groups is 3. The molecule has 6 nitrogen and oxygen atoms in total. The van der Waals surface area contributed by atoms with Crippen LogP contribution in [0.4, 0.5) is 0 Å². The van der Waals surface area contributed by atoms with E-state index in [1.807, 2.05) is 4.90 Å². The largest absolute Gasteiger partial charge is 0.481 e. The van der Waals surface area contributed by atoms with Crippen molar-refractivity contribution >= 4 is 5.97 Å². The summed E-state index contributed by atoms with van der Waals surface area (Å²) in [6, 6.07) is 0. The molecule has 4 N–H and O–H groups in total. The first-order valence-corrected chi connectivity index (χ1v) is 11.7. The number of nitrogens with zero attached hydrogens (tertiary/aromatic N) is 1. The molecule has 3 unspecified atom stereocenters. The number of carbonyl (C=O) groups is 1. The number of hydrogen-bond acceptors (Lipinski definition) is 5. The molecule has 0 bridgehead atoms. The monoisotopic (exact) mass is 419 g/mol. The highest BCUT2D eigenvalue weighted by Crippen LogP contribution is 2.11. The second-order valence-electron chi connectivity index (χ2n) is 8.44. The standard InChI is InChI=1S/C14H28O2.C9H21NO3/c1-2-3-4-5-6-7-8-9-10-11-12-13-14(15)16;1-7(11)4-10(5-8(2)12)6-9(3)13/h2-13H2,1H3,(H,15,16);7-9,11-13H,4-6H2,1-3H3. The van der Waals surface area contributed by atoms with Crippen molar-refractivity contribution in [2.75, 3.05) is 19.6 Å². The smallest absolute Gasteiger partial charge is 0.303 e. The van der Waals surface area contributed by atoms with Gasteiger partial charge in [-0.15, -0.1) is 0 Å². The number of rotatable bonds is 18. The van der Waals surface area contributed by atoms with E-state index in [0.717, 1.165) is 12.8 Å². The molecule has 3 atom stereocenters. The van der Waals surface area contributed by atoms with E-state index in [1.54, 1.807) is 20.8 Å². The Balaban J connectivity index is 0. The molecule has 0 rings (SSSR count). The Morgan fingerprint density at radius 2 is 0.966 bits per heavy atom. The van der Waals surface area contributed by atoms with Crippen LogP contribution < -0.4 is 0 Å². The minimum absolute atomic E-state index is 0.344. The highest BCUT2D eigenvalue weighted by molar-refractivity contribution is 5.66. The first-order chi connectivity index (χ1) is 13.7. The van der Waals surface area contributed by atoms with Crippen molar-refractivity contribution in [3.63, 3.8) is 0 Å². The van der Waals surface area contributed by atoms with Crippen molar-refractivity contribution in [1.29, 1.82) is 0 Å². The zero-order valence-electron chi connectivity index (χ0n) is 19.5. The molecule has 0 aliphatic heterocycles. The van der Waals surface area contributed by atoms with Crippen molar-refractivity contribution < 1.29 is 25.2 Å². The minimum Gasteiger partial charge on any atom is -0.481 e. The number of carboxylic acid groups (broad SMARTS) is 1. The predicted molar refractivity (Wildman–Crippen MR) is 120 cm³/mol. The summed E-state index contributed by atoms with van der Waals surface area (Å²) >= 11 is 0. The van der Waals surface area contributed by atoms with E-state index in [0.29, 0.717) is 26.1 Å². The lowest BCUT2D eigenvalue weighted by atomic mass is 10.1. The molecule has 0 aromatic heterocycles. The van der Waals surface area contributed by atoms with Gasteiger partial charge in [-0.25, -0.2) is 0 Å². The molecule has 0 amide bonds. The van der Waals surface area contributed by atoms with Gasteiger partial charge in [-0.3, -0.25) is 9.69 Å². The quantitative estimate of drug-likeness (QED) is 0.248. The third-order valence-corrected chi connectivity index (χ3v) is 4.56. The fourth-order valence-corrected chi connectivity index (χ4v) is 3.29. The molecule has 0 radical (unpaired) electrons. The lowest BCUT2D eigenvalue weighted by Crippen LogP contribution is -2.40. The van der Waals surface area contributed by atoms with Crippen molar-refractivity contribution in [1.82, 2.24) is 4.90 Å². The van der Waals surface area contributed by atoms with Crippen LogP contribution in [0.25, 0.3) is 0 Å². The van der Waals surface area contributed by atoms with Crippen LogP contribution in [0, 0.1) is 0 Å². The van der Waals surface area contributed by atoms with Gasteiger partial charge in [0.25, 0.3) is 0 Å². The van der Waals surface area contributed by atoms with Gasteiger partial charge >= 0.3 is 5.97 Å². The van der Waals surface area contributed by atoms with Crippen LogP contribution in [0.3, 0.4) is 0 Å². The maximum atomic E-state index is 10.3. The summed E-state index contributed by atoms with van der Waals surface area (Å²) in [6.45, 7) is 8.77. The number of unbranched alkanes of at least 4 members (excludes halogenated alkanes) is 10. The number of hydrogen-bond donors (Lipinski definition) is 4. The van der Waals surface area contributed by atoms with E-state index in [4.69, 9.17) is 20.4 Å². The van der Waals surface area contributed by atoms with Crippen LogP contribution in [-0.4, -0.2) is 69.2 Å². The molecule has 0 heterocycles. The zero-order chi connectivity index (χ0) is 22.5. The van der Waals surface area contributed by atoms with Crippen molar-refractivity contribution in [3.05, 3.63) is 0 Å². The molecule has 29 heavy (non-hydrogen) atoms. The number of carboxylic acids is 1. The van der Waals surface area contributed by atoms with E-state index in [1.165, 1.54) is 57.8 Å². The van der Waals surface area contributed by atoms with Crippen molar-refractivity contribution in [2.24, 2.45) is 0 Å². The van der Waals surface area contributed by atoms with Crippen LogP contribution >= 0.6 is 0 Å². The number of aliphatic carboxylic acids is 1. The first kappa shape index (κ1) is 30.5. The van der Waals surface area contributed by atoms with Crippen LogP contribution in [-0.2, 0) is 4.79 Å². The Morgan fingerprint density at radius 3 is 1.24 bits per heavy atom. The molecule has 0 aromatic rings. The van der Waals surface area contributed by atoms with E-state index >= 15 is 0 Å². The van der Waals surface area contributed by atoms with E-state index in [-0.39, 0.29) is 0 Å². The van der Waals surface area contributed by atoms with Gasteiger partial charge in [0, 0.05) is 26.1 Å². The lowest BCUT2D eigenvalue weighted by molar-refractivity contribution is -0.137. The Bertz CT molecular complexity index is 324. The summed E-state index contributed by atoms with van der Waals surface area (Å²) < 4.78 is 0. The first-order valence-electron chi connectivity index (χ1n) is 11.7. The maximum absolute atomic E-state index is 10.3. The van der Waals surface area contributed by atoms with Gasteiger partial charge in [-0.2, -0.15) is 0 Å². The fraction of sp³-hybridized carbons (Fsp3) is 0.957. The highest BCUT2D eigenvalue weighted by atomic mass is 16.4. The van der Waals surface area contributed by atoms with Crippen LogP contribution in [0.5, 0.6) is 0 Å². The summed E-state index contributed by atoms with van der Waals surface area (Å²) in [5.41, 5.74) is 0. The van der Waals surface area contributed by atoms with Crippen LogP contribution in [0.15, 0.2) is 0 Å². The van der Waals surface area contributed by atoms with Gasteiger partial charge in [0.2, 0.25) is 0 Å². The third-order valence-electron chi connectivity index (χ3n) is 4.56. The summed E-state index contributed by atoms with van der Waals surface area (Å²) in [7, 11) is 0. The molecule has 176 valence electrons. The summed E-state index contributed by atoms with van der Waals surface area (Å²) in [6.07, 6.45) is 13.1.